The monoisotopic (exact) mass is 399 g/mol. The SMILES string of the molecule is CC(C)CN1C(=O)c2ccc(C(=O)N3CCCN(C(=O)C(C)C)CC3)cc2C1=O. The average Bonchev–Trinajstić information content (AvgIpc) is 2.87. The van der Waals surface area contributed by atoms with Crippen molar-refractivity contribution < 1.29 is 19.2 Å². The first-order valence-electron chi connectivity index (χ1n) is 10.3. The molecular formula is C22H29N3O4. The summed E-state index contributed by atoms with van der Waals surface area (Å²) in [5, 5.41) is 0. The Morgan fingerprint density at radius 3 is 2.17 bits per heavy atom. The van der Waals surface area contributed by atoms with Crippen molar-refractivity contribution in [1.82, 2.24) is 14.7 Å². The zero-order chi connectivity index (χ0) is 21.3. The zero-order valence-electron chi connectivity index (χ0n) is 17.6. The van der Waals surface area contributed by atoms with Crippen LogP contribution >= 0.6 is 0 Å². The molecule has 2 aliphatic rings. The lowest BCUT2D eigenvalue weighted by atomic mass is 10.0. The van der Waals surface area contributed by atoms with Crippen LogP contribution in [0.2, 0.25) is 0 Å². The molecule has 0 bridgehead atoms. The van der Waals surface area contributed by atoms with Crippen LogP contribution in [0.3, 0.4) is 0 Å². The molecule has 0 saturated carbocycles. The van der Waals surface area contributed by atoms with Crippen LogP contribution in [0, 0.1) is 11.8 Å². The van der Waals surface area contributed by atoms with Gasteiger partial charge >= 0.3 is 0 Å². The smallest absolute Gasteiger partial charge is 0.261 e. The Hall–Kier alpha value is -2.70. The van der Waals surface area contributed by atoms with E-state index in [1.165, 1.54) is 4.90 Å². The van der Waals surface area contributed by atoms with Crippen LogP contribution in [-0.2, 0) is 4.79 Å². The quantitative estimate of drug-likeness (QED) is 0.728. The fraction of sp³-hybridized carbons (Fsp3) is 0.545. The number of imide groups is 1. The minimum atomic E-state index is -0.335. The molecule has 4 amide bonds. The maximum absolute atomic E-state index is 13.0. The predicted octanol–water partition coefficient (Wildman–Crippen LogP) is 2.27. The first-order chi connectivity index (χ1) is 13.7. The molecule has 29 heavy (non-hydrogen) atoms. The Bertz CT molecular complexity index is 846. The maximum Gasteiger partial charge on any atom is 0.261 e. The van der Waals surface area contributed by atoms with Gasteiger partial charge < -0.3 is 9.80 Å². The largest absolute Gasteiger partial charge is 0.341 e. The van der Waals surface area contributed by atoms with E-state index in [9.17, 15) is 19.2 Å². The van der Waals surface area contributed by atoms with Gasteiger partial charge in [0, 0.05) is 44.2 Å². The Balaban J connectivity index is 1.75. The predicted molar refractivity (Wildman–Crippen MR) is 109 cm³/mol. The van der Waals surface area contributed by atoms with E-state index in [-0.39, 0.29) is 35.5 Å². The minimum Gasteiger partial charge on any atom is -0.341 e. The van der Waals surface area contributed by atoms with Gasteiger partial charge in [0.05, 0.1) is 11.1 Å². The topological polar surface area (TPSA) is 78.0 Å². The number of rotatable bonds is 4. The third-order valence-electron chi connectivity index (χ3n) is 5.35. The van der Waals surface area contributed by atoms with Gasteiger partial charge in [-0.15, -0.1) is 0 Å². The summed E-state index contributed by atoms with van der Waals surface area (Å²) in [4.78, 5) is 55.2. The van der Waals surface area contributed by atoms with Gasteiger partial charge in [-0.25, -0.2) is 0 Å². The molecule has 2 aliphatic heterocycles. The van der Waals surface area contributed by atoms with E-state index in [2.05, 4.69) is 0 Å². The highest BCUT2D eigenvalue weighted by atomic mass is 16.2. The first-order valence-corrected chi connectivity index (χ1v) is 10.3. The van der Waals surface area contributed by atoms with E-state index in [1.807, 2.05) is 32.6 Å². The van der Waals surface area contributed by atoms with Gasteiger partial charge in [-0.05, 0) is 30.5 Å². The Labute approximate surface area is 171 Å². The van der Waals surface area contributed by atoms with Gasteiger partial charge in [0.2, 0.25) is 5.91 Å². The van der Waals surface area contributed by atoms with Crippen LogP contribution in [0.15, 0.2) is 18.2 Å². The molecule has 1 saturated heterocycles. The van der Waals surface area contributed by atoms with Crippen molar-refractivity contribution >= 4 is 23.6 Å². The van der Waals surface area contributed by atoms with E-state index in [4.69, 9.17) is 0 Å². The van der Waals surface area contributed by atoms with Crippen LogP contribution in [-0.4, -0.2) is 71.1 Å². The van der Waals surface area contributed by atoms with Gasteiger partial charge in [0.1, 0.15) is 0 Å². The van der Waals surface area contributed by atoms with E-state index < -0.39 is 0 Å². The number of fused-ring (bicyclic) bond motifs is 1. The second-order valence-corrected chi connectivity index (χ2v) is 8.50. The van der Waals surface area contributed by atoms with Crippen LogP contribution in [0.25, 0.3) is 0 Å². The van der Waals surface area contributed by atoms with Crippen LogP contribution in [0.4, 0.5) is 0 Å². The highest BCUT2D eigenvalue weighted by Crippen LogP contribution is 2.25. The first kappa shape index (κ1) is 21.0. The summed E-state index contributed by atoms with van der Waals surface area (Å²) in [7, 11) is 0. The normalized spacial score (nSPS) is 17.2. The lowest BCUT2D eigenvalue weighted by molar-refractivity contribution is -0.134. The van der Waals surface area contributed by atoms with Crippen molar-refractivity contribution in [2.24, 2.45) is 11.8 Å². The Kier molecular flexibility index (Phi) is 6.05. The number of nitrogens with zero attached hydrogens (tertiary/aromatic N) is 3. The maximum atomic E-state index is 13.0. The number of benzene rings is 1. The van der Waals surface area contributed by atoms with Crippen LogP contribution in [0.1, 0.15) is 65.2 Å². The van der Waals surface area contributed by atoms with E-state index >= 15 is 0 Å². The van der Waals surface area contributed by atoms with Crippen molar-refractivity contribution in [2.45, 2.75) is 34.1 Å². The number of amides is 4. The minimum absolute atomic E-state index is 0.0636. The molecule has 3 rings (SSSR count). The number of hydrogen-bond donors (Lipinski definition) is 0. The van der Waals surface area contributed by atoms with Crippen LogP contribution < -0.4 is 0 Å². The van der Waals surface area contributed by atoms with Crippen molar-refractivity contribution in [1.29, 1.82) is 0 Å². The Morgan fingerprint density at radius 2 is 1.52 bits per heavy atom. The Morgan fingerprint density at radius 1 is 0.897 bits per heavy atom. The molecule has 1 aromatic carbocycles. The van der Waals surface area contributed by atoms with Gasteiger partial charge in [-0.2, -0.15) is 0 Å². The van der Waals surface area contributed by atoms with Gasteiger partial charge in [-0.1, -0.05) is 27.7 Å². The van der Waals surface area contributed by atoms with Crippen molar-refractivity contribution in [3.8, 4) is 0 Å². The zero-order valence-corrected chi connectivity index (χ0v) is 17.6. The molecule has 0 spiro atoms. The fourth-order valence-corrected chi connectivity index (χ4v) is 3.84. The standard InChI is InChI=1S/C22H29N3O4/c1-14(2)13-25-21(28)17-7-6-16(12-18(17)22(25)29)20(27)24-9-5-8-23(10-11-24)19(26)15(3)4/h6-7,12,14-15H,5,8-11,13H2,1-4H3. The molecule has 7 heteroatoms. The summed E-state index contributed by atoms with van der Waals surface area (Å²) < 4.78 is 0. The van der Waals surface area contributed by atoms with Gasteiger partial charge in [-0.3, -0.25) is 24.1 Å². The van der Waals surface area contributed by atoms with Crippen molar-refractivity contribution in [3.05, 3.63) is 34.9 Å². The summed E-state index contributed by atoms with van der Waals surface area (Å²) in [6, 6.07) is 4.74. The van der Waals surface area contributed by atoms with Gasteiger partial charge in [0.25, 0.3) is 17.7 Å². The lowest BCUT2D eigenvalue weighted by Crippen LogP contribution is -2.39. The van der Waals surface area contributed by atoms with Crippen molar-refractivity contribution in [3.63, 3.8) is 0 Å². The highest BCUT2D eigenvalue weighted by Gasteiger charge is 2.36. The van der Waals surface area contributed by atoms with E-state index in [1.54, 1.807) is 23.1 Å². The molecule has 156 valence electrons. The number of carbonyl (C=O) groups excluding carboxylic acids is 4. The van der Waals surface area contributed by atoms with Crippen molar-refractivity contribution in [2.75, 3.05) is 32.7 Å². The average molecular weight is 399 g/mol. The fourth-order valence-electron chi connectivity index (χ4n) is 3.84. The summed E-state index contributed by atoms with van der Waals surface area (Å²) in [5.41, 5.74) is 1.06. The van der Waals surface area contributed by atoms with E-state index in [0.717, 1.165) is 0 Å². The number of hydrogen-bond acceptors (Lipinski definition) is 4. The lowest BCUT2D eigenvalue weighted by Gasteiger charge is -2.23. The summed E-state index contributed by atoms with van der Waals surface area (Å²) >= 11 is 0. The molecule has 0 aromatic heterocycles. The molecule has 0 atom stereocenters. The summed E-state index contributed by atoms with van der Waals surface area (Å²) in [6.07, 6.45) is 0.717. The molecule has 1 aromatic rings. The molecule has 0 aliphatic carbocycles. The number of carbonyl (C=O) groups is 4. The van der Waals surface area contributed by atoms with Gasteiger partial charge in [0.15, 0.2) is 0 Å². The van der Waals surface area contributed by atoms with E-state index in [0.29, 0.717) is 55.8 Å². The highest BCUT2D eigenvalue weighted by molar-refractivity contribution is 6.22. The molecular weight excluding hydrogens is 370 g/mol. The van der Waals surface area contributed by atoms with Crippen LogP contribution in [0.5, 0.6) is 0 Å². The molecule has 1 fully saturated rings. The molecule has 7 nitrogen and oxygen atoms in total. The second-order valence-electron chi connectivity index (χ2n) is 8.50. The summed E-state index contributed by atoms with van der Waals surface area (Å²) in [5.74, 6) is -0.591. The molecule has 0 unspecified atom stereocenters. The summed E-state index contributed by atoms with van der Waals surface area (Å²) in [6.45, 7) is 10.2. The molecule has 0 N–H and O–H groups in total. The third kappa shape index (κ3) is 4.18. The molecule has 2 heterocycles. The second kappa shape index (κ2) is 8.35. The molecule has 0 radical (unpaired) electrons. The third-order valence-corrected chi connectivity index (χ3v) is 5.35.